The molecule has 0 saturated carbocycles. The molecule has 1 amide bonds. The molecule has 1 heterocycles. The number of cyclic esters (lactones) is 1. The number of benzene rings is 1. The van der Waals surface area contributed by atoms with Crippen LogP contribution < -0.4 is 0 Å². The van der Waals surface area contributed by atoms with Crippen LogP contribution in [0.4, 0.5) is 4.79 Å². The van der Waals surface area contributed by atoms with E-state index in [1.165, 1.54) is 0 Å². The Balaban J connectivity index is 1.91. The Hall–Kier alpha value is -1.59. The molecule has 1 fully saturated rings. The number of allylic oxidation sites excluding steroid dienone is 2. The summed E-state index contributed by atoms with van der Waals surface area (Å²) in [6.07, 6.45) is 8.24. The van der Waals surface area contributed by atoms with Gasteiger partial charge in [-0.05, 0) is 56.9 Å². The number of carbonyl (C=O) groups is 1. The monoisotopic (exact) mass is 419 g/mol. The van der Waals surface area contributed by atoms with Gasteiger partial charge in [-0.3, -0.25) is 4.90 Å². The van der Waals surface area contributed by atoms with E-state index in [0.717, 1.165) is 28.5 Å². The van der Waals surface area contributed by atoms with Crippen molar-refractivity contribution in [2.75, 3.05) is 6.54 Å². The van der Waals surface area contributed by atoms with Gasteiger partial charge < -0.3 is 9.84 Å². The molecule has 26 heavy (non-hydrogen) atoms. The summed E-state index contributed by atoms with van der Waals surface area (Å²) < 4.78 is 6.95. The Morgan fingerprint density at radius 3 is 2.58 bits per heavy atom. The lowest BCUT2D eigenvalue weighted by Crippen LogP contribution is -2.43. The second-order valence-corrected chi connectivity index (χ2v) is 8.76. The summed E-state index contributed by atoms with van der Waals surface area (Å²) in [6.45, 7) is 5.96. The molecular formula is C21H26BrNO3. The maximum atomic E-state index is 12.8. The third-order valence-corrected chi connectivity index (χ3v) is 5.53. The number of hydrogen-bond acceptors (Lipinski definition) is 3. The number of hydrogen-bond donors (Lipinski definition) is 1. The molecule has 1 N–H and O–H groups in total. The van der Waals surface area contributed by atoms with Crippen LogP contribution in [0.25, 0.3) is 0 Å². The summed E-state index contributed by atoms with van der Waals surface area (Å²) in [5, 5.41) is 10.5. The van der Waals surface area contributed by atoms with Gasteiger partial charge in [0.05, 0.1) is 18.2 Å². The van der Waals surface area contributed by atoms with Crippen molar-refractivity contribution in [3.63, 3.8) is 0 Å². The fourth-order valence-corrected chi connectivity index (χ4v) is 4.07. The van der Waals surface area contributed by atoms with Gasteiger partial charge in [-0.25, -0.2) is 4.79 Å². The predicted molar refractivity (Wildman–Crippen MR) is 106 cm³/mol. The summed E-state index contributed by atoms with van der Waals surface area (Å²) in [5.41, 5.74) is 0.293. The molecule has 2 atom stereocenters. The Morgan fingerprint density at radius 1 is 1.31 bits per heavy atom. The highest BCUT2D eigenvalue weighted by molar-refractivity contribution is 9.10. The normalized spacial score (nSPS) is 24.4. The van der Waals surface area contributed by atoms with Crippen molar-refractivity contribution < 1.29 is 14.6 Å². The van der Waals surface area contributed by atoms with Crippen molar-refractivity contribution in [2.45, 2.75) is 57.3 Å². The van der Waals surface area contributed by atoms with Crippen molar-refractivity contribution in [3.05, 3.63) is 58.1 Å². The molecule has 3 rings (SSSR count). The van der Waals surface area contributed by atoms with Gasteiger partial charge >= 0.3 is 6.09 Å². The first kappa shape index (κ1) is 19.2. The van der Waals surface area contributed by atoms with E-state index in [1.54, 1.807) is 18.7 Å². The van der Waals surface area contributed by atoms with Crippen molar-refractivity contribution in [3.8, 4) is 0 Å². The highest BCUT2D eigenvalue weighted by Gasteiger charge is 2.51. The largest absolute Gasteiger partial charge is 0.436 e. The third-order valence-electron chi connectivity index (χ3n) is 5.00. The second kappa shape index (κ2) is 7.20. The first-order valence-corrected chi connectivity index (χ1v) is 9.84. The van der Waals surface area contributed by atoms with Gasteiger partial charge in [-0.1, -0.05) is 46.3 Å². The van der Waals surface area contributed by atoms with E-state index in [9.17, 15) is 9.90 Å². The first-order valence-electron chi connectivity index (χ1n) is 9.05. The molecule has 1 saturated heterocycles. The quantitative estimate of drug-likeness (QED) is 0.718. The van der Waals surface area contributed by atoms with E-state index in [1.807, 2.05) is 37.3 Å². The number of aliphatic hydroxyl groups is 1. The molecule has 4 nitrogen and oxygen atoms in total. The van der Waals surface area contributed by atoms with E-state index < -0.39 is 11.2 Å². The standard InChI is InChI=1S/C21H26BrNO3/c1-15(16-9-11-18(22)12-10-16)23-14-21(26-19(23)24,13-20(2,3)25)17-7-5-4-6-8-17/h5,7-12,15,25H,4,6,13-14H2,1-3H3/t15-,21+/m0/s1. The van der Waals surface area contributed by atoms with Crippen LogP contribution in [0, 0.1) is 0 Å². The van der Waals surface area contributed by atoms with Crippen molar-refractivity contribution in [1.29, 1.82) is 0 Å². The number of rotatable bonds is 5. The summed E-state index contributed by atoms with van der Waals surface area (Å²) in [6, 6.07) is 7.87. The van der Waals surface area contributed by atoms with Crippen LogP contribution in [0.2, 0.25) is 0 Å². The lowest BCUT2D eigenvalue weighted by atomic mass is 9.81. The fraction of sp³-hybridized carbons (Fsp3) is 0.476. The molecule has 0 spiro atoms. The van der Waals surface area contributed by atoms with E-state index >= 15 is 0 Å². The highest BCUT2D eigenvalue weighted by atomic mass is 79.9. The topological polar surface area (TPSA) is 49.8 Å². The SMILES string of the molecule is C[C@@H](c1ccc(Br)cc1)N1C[C@](CC(C)(C)O)(C2=CCCC=C2)OC1=O. The zero-order chi connectivity index (χ0) is 18.9. The molecule has 0 aromatic heterocycles. The fourth-order valence-electron chi connectivity index (χ4n) is 3.81. The number of ether oxygens (including phenoxy) is 1. The van der Waals surface area contributed by atoms with E-state index in [2.05, 4.69) is 28.1 Å². The molecule has 0 unspecified atom stereocenters. The third kappa shape index (κ3) is 4.04. The second-order valence-electron chi connectivity index (χ2n) is 7.85. The molecule has 0 radical (unpaired) electrons. The number of nitrogens with zero attached hydrogens (tertiary/aromatic N) is 1. The summed E-state index contributed by atoms with van der Waals surface area (Å²) in [5.74, 6) is 0. The molecule has 5 heteroatoms. The van der Waals surface area contributed by atoms with Gasteiger partial charge in [-0.2, -0.15) is 0 Å². The number of halogens is 1. The van der Waals surface area contributed by atoms with Crippen LogP contribution in [0.1, 0.15) is 51.6 Å². The van der Waals surface area contributed by atoms with E-state index in [4.69, 9.17) is 4.74 Å². The van der Waals surface area contributed by atoms with Crippen molar-refractivity contribution in [1.82, 2.24) is 4.90 Å². The number of amides is 1. The molecule has 1 aromatic carbocycles. The van der Waals surface area contributed by atoms with Crippen LogP contribution in [0.15, 0.2) is 52.5 Å². The Kier molecular flexibility index (Phi) is 5.31. The molecule has 140 valence electrons. The Bertz CT molecular complexity index is 733. The summed E-state index contributed by atoms with van der Waals surface area (Å²) in [4.78, 5) is 14.5. The van der Waals surface area contributed by atoms with Crippen LogP contribution >= 0.6 is 15.9 Å². The maximum Gasteiger partial charge on any atom is 0.411 e. The van der Waals surface area contributed by atoms with Crippen LogP contribution in [0.5, 0.6) is 0 Å². The Labute approximate surface area is 163 Å². The first-order chi connectivity index (χ1) is 12.2. The minimum absolute atomic E-state index is 0.104. The van der Waals surface area contributed by atoms with Crippen molar-refractivity contribution in [2.24, 2.45) is 0 Å². The maximum absolute atomic E-state index is 12.8. The average molecular weight is 420 g/mol. The summed E-state index contributed by atoms with van der Waals surface area (Å²) >= 11 is 3.45. The zero-order valence-corrected chi connectivity index (χ0v) is 17.1. The minimum Gasteiger partial charge on any atom is -0.436 e. The van der Waals surface area contributed by atoms with Crippen molar-refractivity contribution >= 4 is 22.0 Å². The van der Waals surface area contributed by atoms with E-state index in [0.29, 0.717) is 13.0 Å². The van der Waals surface area contributed by atoms with Gasteiger partial charge in [0, 0.05) is 10.9 Å². The predicted octanol–water partition coefficient (Wildman–Crippen LogP) is 5.14. The van der Waals surface area contributed by atoms with Gasteiger partial charge in [0.1, 0.15) is 0 Å². The molecule has 1 aliphatic carbocycles. The van der Waals surface area contributed by atoms with Gasteiger partial charge in [-0.15, -0.1) is 0 Å². The number of carbonyl (C=O) groups excluding carboxylic acids is 1. The van der Waals surface area contributed by atoms with E-state index in [-0.39, 0.29) is 12.1 Å². The molecule has 0 bridgehead atoms. The smallest absolute Gasteiger partial charge is 0.411 e. The van der Waals surface area contributed by atoms with Crippen LogP contribution in [-0.2, 0) is 4.74 Å². The van der Waals surface area contributed by atoms with Crippen LogP contribution in [-0.4, -0.2) is 33.8 Å². The highest BCUT2D eigenvalue weighted by Crippen LogP contribution is 2.41. The van der Waals surface area contributed by atoms with Gasteiger partial charge in [0.25, 0.3) is 0 Å². The molecule has 1 aliphatic heterocycles. The minimum atomic E-state index is -0.941. The van der Waals surface area contributed by atoms with Crippen LogP contribution in [0.3, 0.4) is 0 Å². The molecule has 2 aliphatic rings. The Morgan fingerprint density at radius 2 is 2.00 bits per heavy atom. The molecular weight excluding hydrogens is 394 g/mol. The van der Waals surface area contributed by atoms with Gasteiger partial charge in [0.15, 0.2) is 5.60 Å². The lowest BCUT2D eigenvalue weighted by molar-refractivity contribution is -0.00935. The average Bonchev–Trinajstić information content (AvgIpc) is 2.91. The molecule has 1 aromatic rings. The van der Waals surface area contributed by atoms with Gasteiger partial charge in [0.2, 0.25) is 0 Å². The zero-order valence-electron chi connectivity index (χ0n) is 15.5. The summed E-state index contributed by atoms with van der Waals surface area (Å²) in [7, 11) is 0. The lowest BCUT2D eigenvalue weighted by Gasteiger charge is -2.35.